The fourth-order valence-corrected chi connectivity index (χ4v) is 3.56. The number of hydrogen-bond donors (Lipinski definition) is 1. The highest BCUT2D eigenvalue weighted by Gasteiger charge is 2.14. The lowest BCUT2D eigenvalue weighted by atomic mass is 10.2. The molecule has 0 bridgehead atoms. The normalized spacial score (nSPS) is 11.3. The zero-order valence-corrected chi connectivity index (χ0v) is 12.5. The van der Waals surface area contributed by atoms with Crippen molar-refractivity contribution < 1.29 is 17.9 Å². The predicted molar refractivity (Wildman–Crippen MR) is 77.2 cm³/mol. The minimum atomic E-state index is -3.00. The van der Waals surface area contributed by atoms with Gasteiger partial charge in [-0.2, -0.15) is 0 Å². The second-order valence-electron chi connectivity index (χ2n) is 3.92. The molecule has 0 heterocycles. The zero-order chi connectivity index (χ0) is 14.5. The molecular weight excluding hydrogens is 286 g/mol. The fraction of sp³-hybridized carbons (Fsp3) is 0.417. The molecule has 1 aromatic carbocycles. The highest BCUT2D eigenvalue weighted by molar-refractivity contribution is 8.00. The predicted octanol–water partition coefficient (Wildman–Crippen LogP) is 1.58. The Morgan fingerprint density at radius 2 is 2.11 bits per heavy atom. The van der Waals surface area contributed by atoms with Gasteiger partial charge in [-0.3, -0.25) is 0 Å². The van der Waals surface area contributed by atoms with Gasteiger partial charge < -0.3 is 10.5 Å². The highest BCUT2D eigenvalue weighted by atomic mass is 32.2. The molecule has 19 heavy (non-hydrogen) atoms. The number of carbonyl (C=O) groups excluding carboxylic acids is 1. The molecule has 0 fully saturated rings. The first-order valence-electron chi connectivity index (χ1n) is 5.71. The van der Waals surface area contributed by atoms with Crippen LogP contribution in [0.25, 0.3) is 0 Å². The largest absolute Gasteiger partial charge is 0.462 e. The van der Waals surface area contributed by atoms with Gasteiger partial charge in [-0.15, -0.1) is 11.8 Å². The van der Waals surface area contributed by atoms with Crippen molar-refractivity contribution in [2.24, 2.45) is 0 Å². The second kappa shape index (κ2) is 6.81. The van der Waals surface area contributed by atoms with Crippen molar-refractivity contribution in [3.05, 3.63) is 23.8 Å². The van der Waals surface area contributed by atoms with E-state index in [4.69, 9.17) is 10.5 Å². The summed E-state index contributed by atoms with van der Waals surface area (Å²) in [5.74, 6) is 0.00124. The van der Waals surface area contributed by atoms with E-state index in [1.54, 1.807) is 25.1 Å². The number of rotatable bonds is 6. The first-order valence-corrected chi connectivity index (χ1v) is 8.76. The van der Waals surface area contributed by atoms with E-state index >= 15 is 0 Å². The van der Waals surface area contributed by atoms with Crippen molar-refractivity contribution in [1.82, 2.24) is 0 Å². The number of thioether (sulfide) groups is 1. The second-order valence-corrected chi connectivity index (χ2v) is 7.31. The Labute approximate surface area is 117 Å². The Balaban J connectivity index is 2.80. The van der Waals surface area contributed by atoms with E-state index < -0.39 is 15.8 Å². The molecule has 0 aliphatic heterocycles. The monoisotopic (exact) mass is 303 g/mol. The number of hydrogen-bond acceptors (Lipinski definition) is 6. The molecular formula is C12H17NO4S2. The number of benzene rings is 1. The first kappa shape index (κ1) is 15.8. The van der Waals surface area contributed by atoms with E-state index in [1.165, 1.54) is 18.0 Å². The Bertz CT molecular complexity index is 555. The number of nitrogens with two attached hydrogens (primary N) is 1. The molecule has 0 aromatic heterocycles. The van der Waals surface area contributed by atoms with Crippen molar-refractivity contribution >= 4 is 33.3 Å². The van der Waals surface area contributed by atoms with Crippen molar-refractivity contribution in [2.75, 3.05) is 30.1 Å². The minimum Gasteiger partial charge on any atom is -0.462 e. The third kappa shape index (κ3) is 5.12. The molecule has 0 radical (unpaired) electrons. The zero-order valence-electron chi connectivity index (χ0n) is 10.9. The van der Waals surface area contributed by atoms with Gasteiger partial charge in [-0.25, -0.2) is 13.2 Å². The average Bonchev–Trinajstić information content (AvgIpc) is 2.30. The first-order chi connectivity index (χ1) is 8.85. The van der Waals surface area contributed by atoms with Gasteiger partial charge in [0.05, 0.1) is 23.6 Å². The van der Waals surface area contributed by atoms with E-state index in [-0.39, 0.29) is 12.4 Å². The molecule has 1 aromatic rings. The third-order valence-corrected chi connectivity index (χ3v) is 4.55. The van der Waals surface area contributed by atoms with Gasteiger partial charge in [0.2, 0.25) is 0 Å². The number of esters is 1. The number of ether oxygens (including phenoxy) is 1. The van der Waals surface area contributed by atoms with E-state index in [2.05, 4.69) is 0 Å². The Hall–Kier alpha value is -1.21. The van der Waals surface area contributed by atoms with Crippen LogP contribution in [0.1, 0.15) is 17.3 Å². The van der Waals surface area contributed by atoms with Gasteiger partial charge >= 0.3 is 5.97 Å². The fourth-order valence-electron chi connectivity index (χ4n) is 1.36. The lowest BCUT2D eigenvalue weighted by molar-refractivity contribution is 0.0527. The lowest BCUT2D eigenvalue weighted by Gasteiger charge is -2.09. The van der Waals surface area contributed by atoms with Crippen LogP contribution in [0.2, 0.25) is 0 Å². The standard InChI is InChI=1S/C12H17NO4S2/c1-3-17-12(14)9-5-4-6-10(11(9)13)18-7-8-19(2,15)16/h4-6H,3,7-8,13H2,1-2H3. The Morgan fingerprint density at radius 3 is 2.68 bits per heavy atom. The van der Waals surface area contributed by atoms with Gasteiger partial charge in [0.25, 0.3) is 0 Å². The average molecular weight is 303 g/mol. The summed E-state index contributed by atoms with van der Waals surface area (Å²) in [4.78, 5) is 12.3. The van der Waals surface area contributed by atoms with Crippen LogP contribution >= 0.6 is 11.8 Å². The summed E-state index contributed by atoms with van der Waals surface area (Å²) in [6.07, 6.45) is 1.19. The summed E-state index contributed by atoms with van der Waals surface area (Å²) in [6, 6.07) is 5.05. The Morgan fingerprint density at radius 1 is 1.42 bits per heavy atom. The molecule has 0 atom stereocenters. The van der Waals surface area contributed by atoms with Gasteiger partial charge in [0.15, 0.2) is 0 Å². The number of nitrogen functional groups attached to an aromatic ring is 1. The summed E-state index contributed by atoms with van der Waals surface area (Å²) < 4.78 is 27.0. The Kier molecular flexibility index (Phi) is 5.68. The quantitative estimate of drug-likeness (QED) is 0.488. The molecule has 1 rings (SSSR count). The molecule has 106 valence electrons. The van der Waals surface area contributed by atoms with Gasteiger partial charge in [-0.05, 0) is 19.1 Å². The molecule has 0 amide bonds. The number of carbonyl (C=O) groups is 1. The van der Waals surface area contributed by atoms with Crippen LogP contribution in [0.3, 0.4) is 0 Å². The minimum absolute atomic E-state index is 0.0702. The van der Waals surface area contributed by atoms with Gasteiger partial charge in [-0.1, -0.05) is 6.07 Å². The summed E-state index contributed by atoms with van der Waals surface area (Å²) in [5.41, 5.74) is 6.54. The maximum Gasteiger partial charge on any atom is 0.340 e. The summed E-state index contributed by atoms with van der Waals surface area (Å²) in [6.45, 7) is 2.00. The summed E-state index contributed by atoms with van der Waals surface area (Å²) in [7, 11) is -3.00. The molecule has 0 saturated carbocycles. The van der Waals surface area contributed by atoms with Crippen LogP contribution < -0.4 is 5.73 Å². The molecule has 7 heteroatoms. The van der Waals surface area contributed by atoms with Crippen LogP contribution in [0.5, 0.6) is 0 Å². The highest BCUT2D eigenvalue weighted by Crippen LogP contribution is 2.28. The number of sulfone groups is 1. The van der Waals surface area contributed by atoms with Crippen LogP contribution in [0.15, 0.2) is 23.1 Å². The summed E-state index contributed by atoms with van der Waals surface area (Å²) in [5, 5.41) is 0. The van der Waals surface area contributed by atoms with E-state index in [1.807, 2.05) is 0 Å². The molecule has 0 saturated heterocycles. The van der Waals surface area contributed by atoms with Crippen molar-refractivity contribution in [2.45, 2.75) is 11.8 Å². The van der Waals surface area contributed by atoms with Crippen LogP contribution in [0.4, 0.5) is 5.69 Å². The van der Waals surface area contributed by atoms with Crippen LogP contribution in [0, 0.1) is 0 Å². The SMILES string of the molecule is CCOC(=O)c1cccc(SCCS(C)(=O)=O)c1N. The van der Waals surface area contributed by atoms with Crippen molar-refractivity contribution in [3.8, 4) is 0 Å². The van der Waals surface area contributed by atoms with E-state index in [0.29, 0.717) is 21.9 Å². The lowest BCUT2D eigenvalue weighted by Crippen LogP contribution is -2.09. The van der Waals surface area contributed by atoms with Gasteiger partial charge in [0.1, 0.15) is 9.84 Å². The molecule has 0 unspecified atom stereocenters. The molecule has 0 spiro atoms. The van der Waals surface area contributed by atoms with Crippen LogP contribution in [-0.2, 0) is 14.6 Å². The van der Waals surface area contributed by atoms with Gasteiger partial charge in [0, 0.05) is 16.9 Å². The molecule has 5 nitrogen and oxygen atoms in total. The maximum atomic E-state index is 11.6. The molecule has 0 aliphatic rings. The van der Waals surface area contributed by atoms with E-state index in [9.17, 15) is 13.2 Å². The molecule has 0 aliphatic carbocycles. The van der Waals surface area contributed by atoms with Crippen molar-refractivity contribution in [1.29, 1.82) is 0 Å². The molecule has 2 N–H and O–H groups in total. The summed E-state index contributed by atoms with van der Waals surface area (Å²) >= 11 is 1.31. The van der Waals surface area contributed by atoms with E-state index in [0.717, 1.165) is 0 Å². The third-order valence-electron chi connectivity index (χ3n) is 2.27. The topological polar surface area (TPSA) is 86.5 Å². The smallest absolute Gasteiger partial charge is 0.340 e. The maximum absolute atomic E-state index is 11.6. The number of para-hydroxylation sites is 1. The van der Waals surface area contributed by atoms with Crippen LogP contribution in [-0.4, -0.2) is 38.8 Å². The number of anilines is 1. The van der Waals surface area contributed by atoms with Crippen molar-refractivity contribution in [3.63, 3.8) is 0 Å².